The van der Waals surface area contributed by atoms with Gasteiger partial charge in [0.1, 0.15) is 0 Å². The molecule has 3 nitrogen and oxygen atoms in total. The highest BCUT2D eigenvalue weighted by Gasteiger charge is 2.34. The van der Waals surface area contributed by atoms with Crippen LogP contribution in [0.3, 0.4) is 0 Å². The molecule has 0 aromatic heterocycles. The van der Waals surface area contributed by atoms with Crippen LogP contribution in [-0.4, -0.2) is 13.0 Å². The first kappa shape index (κ1) is 12.6. The van der Waals surface area contributed by atoms with Gasteiger partial charge >= 0.3 is 6.18 Å². The predicted octanol–water partition coefficient (Wildman–Crippen LogP) is 2.72. The Balaban J connectivity index is 3.24. The number of rotatable bonds is 1. The summed E-state index contributed by atoms with van der Waals surface area (Å²) in [6, 6.07) is 3.47. The first-order valence-corrected chi connectivity index (χ1v) is 4.59. The molecule has 3 N–H and O–H groups in total. The number of nitrogens with zero attached hydrogens (tertiary/aromatic N) is 1. The summed E-state index contributed by atoms with van der Waals surface area (Å²) in [6.45, 7) is 0. The summed E-state index contributed by atoms with van der Waals surface area (Å²) in [5.74, 6) is -0.140. The van der Waals surface area contributed by atoms with Crippen molar-refractivity contribution in [3.63, 3.8) is 0 Å². The number of guanidine groups is 1. The zero-order valence-corrected chi connectivity index (χ0v) is 9.02. The van der Waals surface area contributed by atoms with Crippen LogP contribution in [0.1, 0.15) is 5.56 Å². The zero-order valence-electron chi connectivity index (χ0n) is 8.27. The van der Waals surface area contributed by atoms with Crippen molar-refractivity contribution in [2.45, 2.75) is 6.18 Å². The average Bonchev–Trinajstić information content (AvgIpc) is 2.19. The van der Waals surface area contributed by atoms with E-state index in [-0.39, 0.29) is 16.7 Å². The molecule has 1 aromatic rings. The Bertz CT molecular complexity index is 415. The van der Waals surface area contributed by atoms with Crippen LogP contribution < -0.4 is 11.1 Å². The SMILES string of the molecule is CN=C(N)Nc1c(Cl)cccc1C(F)(F)F. The Morgan fingerprint density at radius 2 is 2.06 bits per heavy atom. The van der Waals surface area contributed by atoms with E-state index in [2.05, 4.69) is 10.3 Å². The molecule has 0 bridgehead atoms. The van der Waals surface area contributed by atoms with E-state index in [4.69, 9.17) is 17.3 Å². The fourth-order valence-electron chi connectivity index (χ4n) is 1.07. The second-order valence-electron chi connectivity index (χ2n) is 2.89. The molecular weight excluding hydrogens is 243 g/mol. The molecule has 0 fully saturated rings. The summed E-state index contributed by atoms with van der Waals surface area (Å²) in [5.41, 5.74) is 4.12. The minimum absolute atomic E-state index is 0.0681. The number of nitrogens with two attached hydrogens (primary N) is 1. The van der Waals surface area contributed by atoms with E-state index >= 15 is 0 Å². The Labute approximate surface area is 95.1 Å². The number of alkyl halides is 3. The number of nitrogens with one attached hydrogen (secondary N) is 1. The van der Waals surface area contributed by atoms with E-state index in [9.17, 15) is 13.2 Å². The lowest BCUT2D eigenvalue weighted by Gasteiger charge is -2.15. The molecule has 0 spiro atoms. The second-order valence-corrected chi connectivity index (χ2v) is 3.30. The van der Waals surface area contributed by atoms with Gasteiger partial charge in [-0.1, -0.05) is 17.7 Å². The summed E-state index contributed by atoms with van der Waals surface area (Å²) in [7, 11) is 1.35. The molecule has 16 heavy (non-hydrogen) atoms. The minimum Gasteiger partial charge on any atom is -0.370 e. The van der Waals surface area contributed by atoms with Gasteiger partial charge in [0.25, 0.3) is 0 Å². The molecule has 0 aliphatic heterocycles. The highest BCUT2D eigenvalue weighted by atomic mass is 35.5. The number of halogens is 4. The summed E-state index contributed by atoms with van der Waals surface area (Å²) in [5, 5.41) is 2.24. The van der Waals surface area contributed by atoms with Crippen LogP contribution in [0.15, 0.2) is 23.2 Å². The van der Waals surface area contributed by atoms with Crippen LogP contribution in [0.2, 0.25) is 5.02 Å². The number of hydrogen-bond acceptors (Lipinski definition) is 1. The molecule has 7 heteroatoms. The third-order valence-electron chi connectivity index (χ3n) is 1.81. The van der Waals surface area contributed by atoms with Crippen molar-refractivity contribution in [3.8, 4) is 0 Å². The second kappa shape index (κ2) is 4.61. The van der Waals surface area contributed by atoms with Crippen LogP contribution in [0, 0.1) is 0 Å². The summed E-state index contributed by atoms with van der Waals surface area (Å²) >= 11 is 5.66. The van der Waals surface area contributed by atoms with Gasteiger partial charge in [-0.15, -0.1) is 0 Å². The van der Waals surface area contributed by atoms with Crippen LogP contribution in [0.25, 0.3) is 0 Å². The maximum atomic E-state index is 12.6. The predicted molar refractivity (Wildman–Crippen MR) is 57.6 cm³/mol. The molecule has 0 saturated carbocycles. The fraction of sp³-hybridized carbons (Fsp3) is 0.222. The van der Waals surface area contributed by atoms with Crippen LogP contribution in [-0.2, 0) is 6.18 Å². The third-order valence-corrected chi connectivity index (χ3v) is 2.13. The lowest BCUT2D eigenvalue weighted by molar-refractivity contribution is -0.136. The van der Waals surface area contributed by atoms with E-state index in [1.165, 1.54) is 19.2 Å². The molecule has 1 rings (SSSR count). The number of anilines is 1. The smallest absolute Gasteiger partial charge is 0.370 e. The van der Waals surface area contributed by atoms with E-state index < -0.39 is 11.7 Å². The molecule has 88 valence electrons. The molecule has 0 aliphatic carbocycles. The molecule has 0 aliphatic rings. The molecule has 0 amide bonds. The van der Waals surface area contributed by atoms with Gasteiger partial charge in [0.2, 0.25) is 0 Å². The van der Waals surface area contributed by atoms with Crippen molar-refractivity contribution in [1.82, 2.24) is 0 Å². The molecule has 0 heterocycles. The number of para-hydroxylation sites is 1. The van der Waals surface area contributed by atoms with Crippen molar-refractivity contribution in [1.29, 1.82) is 0 Å². The van der Waals surface area contributed by atoms with Crippen LogP contribution in [0.4, 0.5) is 18.9 Å². The highest BCUT2D eigenvalue weighted by molar-refractivity contribution is 6.34. The van der Waals surface area contributed by atoms with Gasteiger partial charge in [-0.25, -0.2) is 0 Å². The van der Waals surface area contributed by atoms with Crippen LogP contribution >= 0.6 is 11.6 Å². The summed E-state index contributed by atoms with van der Waals surface area (Å²) in [6.07, 6.45) is -4.50. The Hall–Kier alpha value is -1.43. The highest BCUT2D eigenvalue weighted by Crippen LogP contribution is 2.38. The first-order valence-electron chi connectivity index (χ1n) is 4.21. The van der Waals surface area contributed by atoms with E-state index in [0.717, 1.165) is 6.07 Å². The fourth-order valence-corrected chi connectivity index (χ4v) is 1.29. The molecule has 0 atom stereocenters. The van der Waals surface area contributed by atoms with E-state index in [1.807, 2.05) is 0 Å². The standard InChI is InChI=1S/C9H9ClF3N3/c1-15-8(14)16-7-5(9(11,12)13)3-2-4-6(7)10/h2-4H,1H3,(H3,14,15,16). The van der Waals surface area contributed by atoms with E-state index in [0.29, 0.717) is 0 Å². The van der Waals surface area contributed by atoms with Gasteiger partial charge in [0, 0.05) is 7.05 Å². The lowest BCUT2D eigenvalue weighted by Crippen LogP contribution is -2.24. The van der Waals surface area contributed by atoms with E-state index in [1.54, 1.807) is 0 Å². The number of hydrogen-bond donors (Lipinski definition) is 2. The maximum absolute atomic E-state index is 12.6. The Morgan fingerprint density at radius 3 is 2.56 bits per heavy atom. The summed E-state index contributed by atoms with van der Waals surface area (Å²) < 4.78 is 37.8. The summed E-state index contributed by atoms with van der Waals surface area (Å²) in [4.78, 5) is 3.51. The van der Waals surface area contributed by atoms with Gasteiger partial charge < -0.3 is 11.1 Å². The molecule has 1 aromatic carbocycles. The molecule has 0 unspecified atom stereocenters. The van der Waals surface area contributed by atoms with Gasteiger partial charge in [0.05, 0.1) is 16.3 Å². The van der Waals surface area contributed by atoms with Crippen LogP contribution in [0.5, 0.6) is 0 Å². The maximum Gasteiger partial charge on any atom is 0.418 e. The quantitative estimate of drug-likeness (QED) is 0.596. The third kappa shape index (κ3) is 2.79. The molecule has 0 saturated heterocycles. The van der Waals surface area contributed by atoms with Gasteiger partial charge in [-0.2, -0.15) is 13.2 Å². The van der Waals surface area contributed by atoms with Gasteiger partial charge in [0.15, 0.2) is 5.96 Å². The van der Waals surface area contributed by atoms with Crippen molar-refractivity contribution >= 4 is 23.2 Å². The number of benzene rings is 1. The number of aliphatic imine (C=N–C) groups is 1. The average molecular weight is 252 g/mol. The molecular formula is C9H9ClF3N3. The lowest BCUT2D eigenvalue weighted by atomic mass is 10.1. The van der Waals surface area contributed by atoms with Gasteiger partial charge in [-0.3, -0.25) is 4.99 Å². The Morgan fingerprint density at radius 1 is 1.44 bits per heavy atom. The topological polar surface area (TPSA) is 50.4 Å². The van der Waals surface area contributed by atoms with Gasteiger partial charge in [-0.05, 0) is 12.1 Å². The van der Waals surface area contributed by atoms with Crippen molar-refractivity contribution in [3.05, 3.63) is 28.8 Å². The molecule has 0 radical (unpaired) electrons. The monoisotopic (exact) mass is 251 g/mol. The van der Waals surface area contributed by atoms with Crippen molar-refractivity contribution < 1.29 is 13.2 Å². The van der Waals surface area contributed by atoms with Crippen molar-refractivity contribution in [2.24, 2.45) is 10.7 Å². The largest absolute Gasteiger partial charge is 0.418 e. The zero-order chi connectivity index (χ0) is 12.3. The Kier molecular flexibility index (Phi) is 3.64. The normalized spacial score (nSPS) is 12.7. The first-order chi connectivity index (χ1) is 7.36. The van der Waals surface area contributed by atoms with Crippen molar-refractivity contribution in [2.75, 3.05) is 12.4 Å². The minimum atomic E-state index is -4.50.